The maximum absolute atomic E-state index is 13.2. The van der Waals surface area contributed by atoms with Crippen LogP contribution in [0.3, 0.4) is 0 Å². The van der Waals surface area contributed by atoms with Gasteiger partial charge in [0.15, 0.2) is 0 Å². The van der Waals surface area contributed by atoms with Crippen LogP contribution in [0.2, 0.25) is 0 Å². The molecule has 0 aromatic heterocycles. The van der Waals surface area contributed by atoms with E-state index >= 15 is 0 Å². The van der Waals surface area contributed by atoms with Crippen LogP contribution in [0.25, 0.3) is 0 Å². The molecule has 60 valence electrons. The molecule has 0 N–H and O–H groups in total. The minimum absolute atomic E-state index is 0.102. The van der Waals surface area contributed by atoms with Crippen molar-refractivity contribution < 1.29 is 4.39 Å². The summed E-state index contributed by atoms with van der Waals surface area (Å²) in [6.07, 6.45) is 6.89. The molecule has 0 bridgehead atoms. The van der Waals surface area contributed by atoms with Gasteiger partial charge in [0.2, 0.25) is 0 Å². The highest BCUT2D eigenvalue weighted by Crippen LogP contribution is 2.40. The van der Waals surface area contributed by atoms with Gasteiger partial charge in [0, 0.05) is 3.92 Å². The van der Waals surface area contributed by atoms with E-state index in [4.69, 9.17) is 0 Å². The summed E-state index contributed by atoms with van der Waals surface area (Å²) in [7, 11) is 0. The highest BCUT2D eigenvalue weighted by molar-refractivity contribution is 14.1. The minimum atomic E-state index is -0.505. The fourth-order valence-electron chi connectivity index (χ4n) is 0.959. The fourth-order valence-corrected chi connectivity index (χ4v) is 1.75. The van der Waals surface area contributed by atoms with Gasteiger partial charge in [-0.25, -0.2) is 4.39 Å². The molecule has 0 aliphatic heterocycles. The van der Waals surface area contributed by atoms with Gasteiger partial charge in [-0.05, 0) is 13.0 Å². The Morgan fingerprint density at radius 1 is 1.82 bits per heavy atom. The third kappa shape index (κ3) is 1.41. The average molecular weight is 264 g/mol. The van der Waals surface area contributed by atoms with Crippen LogP contribution in [0.4, 0.5) is 4.39 Å². The highest BCUT2D eigenvalue weighted by atomic mass is 127. The molecule has 1 aliphatic rings. The van der Waals surface area contributed by atoms with Crippen molar-refractivity contribution in [3.05, 3.63) is 36.7 Å². The van der Waals surface area contributed by atoms with E-state index in [0.29, 0.717) is 0 Å². The van der Waals surface area contributed by atoms with E-state index < -0.39 is 5.41 Å². The molecule has 11 heavy (non-hydrogen) atoms. The van der Waals surface area contributed by atoms with Crippen molar-refractivity contribution in [2.45, 2.75) is 10.8 Å². The first-order valence-electron chi connectivity index (χ1n) is 3.43. The van der Waals surface area contributed by atoms with Crippen LogP contribution in [0.5, 0.6) is 0 Å². The third-order valence-corrected chi connectivity index (χ3v) is 3.74. The van der Waals surface area contributed by atoms with E-state index in [1.807, 2.05) is 13.0 Å². The lowest BCUT2D eigenvalue weighted by atomic mass is 9.83. The molecule has 1 rings (SSSR count). The second-order valence-corrected chi connectivity index (χ2v) is 4.13. The van der Waals surface area contributed by atoms with Crippen molar-refractivity contribution >= 4 is 22.6 Å². The molecule has 0 spiro atoms. The molecular weight excluding hydrogens is 254 g/mol. The second-order valence-electron chi connectivity index (χ2n) is 2.79. The predicted molar refractivity (Wildman–Crippen MR) is 54.4 cm³/mol. The third-order valence-electron chi connectivity index (χ3n) is 2.03. The normalized spacial score (nSPS) is 36.6. The number of rotatable bonds is 1. The Bertz CT molecular complexity index is 230. The number of alkyl halides is 1. The summed E-state index contributed by atoms with van der Waals surface area (Å²) in [6, 6.07) is 0. The second kappa shape index (κ2) is 3.09. The zero-order chi connectivity index (χ0) is 8.48. The molecule has 2 heteroatoms. The average Bonchev–Trinajstić information content (AvgIpc) is 2.00. The number of hydrogen-bond acceptors (Lipinski definition) is 0. The van der Waals surface area contributed by atoms with Crippen molar-refractivity contribution in [1.29, 1.82) is 0 Å². The number of halogens is 2. The van der Waals surface area contributed by atoms with Crippen LogP contribution in [0.1, 0.15) is 6.92 Å². The van der Waals surface area contributed by atoms with Crippen molar-refractivity contribution in [2.75, 3.05) is 0 Å². The van der Waals surface area contributed by atoms with Crippen LogP contribution >= 0.6 is 22.6 Å². The van der Waals surface area contributed by atoms with Gasteiger partial charge in [0.1, 0.15) is 5.83 Å². The van der Waals surface area contributed by atoms with Gasteiger partial charge in [0.05, 0.1) is 5.41 Å². The maximum Gasteiger partial charge on any atom is 0.111 e. The van der Waals surface area contributed by atoms with Crippen LogP contribution in [-0.4, -0.2) is 3.92 Å². The minimum Gasteiger partial charge on any atom is -0.211 e. The molecule has 0 aromatic carbocycles. The lowest BCUT2D eigenvalue weighted by Gasteiger charge is -2.29. The van der Waals surface area contributed by atoms with Gasteiger partial charge >= 0.3 is 0 Å². The van der Waals surface area contributed by atoms with Crippen LogP contribution in [0, 0.1) is 5.41 Å². The van der Waals surface area contributed by atoms with Gasteiger partial charge in [-0.15, -0.1) is 6.58 Å². The molecule has 2 unspecified atom stereocenters. The Morgan fingerprint density at radius 2 is 2.45 bits per heavy atom. The first-order valence-corrected chi connectivity index (χ1v) is 4.68. The SMILES string of the molecule is C=CC1(C)C(F)=CC=CC1I. The molecule has 0 fully saturated rings. The molecule has 0 saturated heterocycles. The number of hydrogen-bond donors (Lipinski definition) is 0. The first-order chi connectivity index (χ1) is 5.11. The lowest BCUT2D eigenvalue weighted by Crippen LogP contribution is -2.26. The van der Waals surface area contributed by atoms with Crippen molar-refractivity contribution in [3.8, 4) is 0 Å². The van der Waals surface area contributed by atoms with Crippen LogP contribution < -0.4 is 0 Å². The molecule has 0 heterocycles. The Labute approximate surface area is 80.0 Å². The summed E-state index contributed by atoms with van der Waals surface area (Å²) < 4.78 is 13.4. The summed E-state index contributed by atoms with van der Waals surface area (Å²) in [5.74, 6) is -0.102. The molecular formula is C9H10FI. The van der Waals surface area contributed by atoms with Crippen molar-refractivity contribution in [1.82, 2.24) is 0 Å². The smallest absolute Gasteiger partial charge is 0.111 e. The predicted octanol–water partition coefficient (Wildman–Crippen LogP) is 3.41. The maximum atomic E-state index is 13.2. The summed E-state index contributed by atoms with van der Waals surface area (Å²) in [5, 5.41) is 0. The van der Waals surface area contributed by atoms with E-state index in [2.05, 4.69) is 29.2 Å². The Balaban J connectivity index is 3.03. The van der Waals surface area contributed by atoms with E-state index in [1.54, 1.807) is 12.2 Å². The van der Waals surface area contributed by atoms with E-state index in [9.17, 15) is 4.39 Å². The first kappa shape index (κ1) is 8.97. The Kier molecular flexibility index (Phi) is 2.52. The standard InChI is InChI=1S/C9H10FI/c1-3-9(2)7(10)5-4-6-8(9)11/h3-6,8H,1H2,2H3. The van der Waals surface area contributed by atoms with Crippen LogP contribution in [-0.2, 0) is 0 Å². The quantitative estimate of drug-likeness (QED) is 0.387. The van der Waals surface area contributed by atoms with E-state index in [0.717, 1.165) is 0 Å². The largest absolute Gasteiger partial charge is 0.211 e. The zero-order valence-electron chi connectivity index (χ0n) is 6.35. The van der Waals surface area contributed by atoms with Gasteiger partial charge < -0.3 is 0 Å². The van der Waals surface area contributed by atoms with E-state index in [-0.39, 0.29) is 9.75 Å². The summed E-state index contributed by atoms with van der Waals surface area (Å²) in [6.45, 7) is 5.49. The summed E-state index contributed by atoms with van der Waals surface area (Å²) >= 11 is 2.21. The van der Waals surface area contributed by atoms with Gasteiger partial charge in [-0.1, -0.05) is 40.8 Å². The molecule has 2 atom stereocenters. The van der Waals surface area contributed by atoms with Crippen molar-refractivity contribution in [3.63, 3.8) is 0 Å². The molecule has 0 nitrogen and oxygen atoms in total. The van der Waals surface area contributed by atoms with Crippen molar-refractivity contribution in [2.24, 2.45) is 5.41 Å². The van der Waals surface area contributed by atoms with Gasteiger partial charge in [-0.3, -0.25) is 0 Å². The molecule has 0 amide bonds. The van der Waals surface area contributed by atoms with Gasteiger partial charge in [-0.2, -0.15) is 0 Å². The van der Waals surface area contributed by atoms with Crippen LogP contribution in [0.15, 0.2) is 36.7 Å². The summed E-state index contributed by atoms with van der Waals surface area (Å²) in [4.78, 5) is 0. The molecule has 0 radical (unpaired) electrons. The Morgan fingerprint density at radius 3 is 2.82 bits per heavy atom. The monoisotopic (exact) mass is 264 g/mol. The molecule has 0 saturated carbocycles. The molecule has 0 aromatic rings. The Hall–Kier alpha value is -0.120. The molecule has 1 aliphatic carbocycles. The zero-order valence-corrected chi connectivity index (χ0v) is 8.51. The fraction of sp³-hybridized carbons (Fsp3) is 0.333. The lowest BCUT2D eigenvalue weighted by molar-refractivity contribution is 0.409. The summed E-state index contributed by atoms with van der Waals surface area (Å²) in [5.41, 5.74) is -0.505. The topological polar surface area (TPSA) is 0 Å². The number of allylic oxidation sites excluding steroid dienone is 5. The van der Waals surface area contributed by atoms with Gasteiger partial charge in [0.25, 0.3) is 0 Å². The highest BCUT2D eigenvalue weighted by Gasteiger charge is 2.33. The van der Waals surface area contributed by atoms with E-state index in [1.165, 1.54) is 6.08 Å².